The van der Waals surface area contributed by atoms with Crippen molar-refractivity contribution in [3.8, 4) is 5.75 Å². The van der Waals surface area contributed by atoms with Crippen molar-refractivity contribution < 1.29 is 18.7 Å². The van der Waals surface area contributed by atoms with Crippen LogP contribution in [0.15, 0.2) is 48.5 Å². The number of rotatable bonds is 6. The summed E-state index contributed by atoms with van der Waals surface area (Å²) in [6, 6.07) is 12.6. The molecule has 2 aromatic rings. The molecule has 0 unspecified atom stereocenters. The van der Waals surface area contributed by atoms with Gasteiger partial charge in [-0.3, -0.25) is 9.59 Å². The maximum absolute atomic E-state index is 13.6. The molecule has 0 radical (unpaired) electrons. The molecular formula is C18H19FN2O3. The van der Waals surface area contributed by atoms with Crippen LogP contribution >= 0.6 is 0 Å². The number of hydrogen-bond acceptors (Lipinski definition) is 3. The maximum Gasteiger partial charge on any atom is 0.265 e. The molecule has 0 aliphatic carbocycles. The van der Waals surface area contributed by atoms with E-state index in [4.69, 9.17) is 4.74 Å². The Bertz CT molecular complexity index is 716. The summed E-state index contributed by atoms with van der Waals surface area (Å²) in [5.41, 5.74) is 1.19. The number of carbonyl (C=O) groups is 2. The largest absolute Gasteiger partial charge is 0.478 e. The first-order valence-corrected chi connectivity index (χ1v) is 7.59. The Morgan fingerprint density at radius 1 is 1.04 bits per heavy atom. The third kappa shape index (κ3) is 4.81. The van der Waals surface area contributed by atoms with Gasteiger partial charge in [0, 0.05) is 18.3 Å². The molecule has 2 rings (SSSR count). The van der Waals surface area contributed by atoms with Crippen LogP contribution in [0.4, 0.5) is 15.8 Å². The number of nitrogens with one attached hydrogen (secondary N) is 2. The lowest BCUT2D eigenvalue weighted by molar-refractivity contribution is -0.123. The van der Waals surface area contributed by atoms with Gasteiger partial charge in [0.25, 0.3) is 5.91 Å². The molecule has 0 saturated heterocycles. The Hall–Kier alpha value is -2.89. The number of anilines is 2. The van der Waals surface area contributed by atoms with E-state index in [0.29, 0.717) is 17.8 Å². The average Bonchev–Trinajstić information content (AvgIpc) is 2.55. The molecule has 1 atom stereocenters. The molecule has 0 saturated carbocycles. The molecule has 6 heteroatoms. The van der Waals surface area contributed by atoms with Crippen molar-refractivity contribution in [1.82, 2.24) is 0 Å². The van der Waals surface area contributed by atoms with Crippen LogP contribution in [0.3, 0.4) is 0 Å². The molecule has 0 aliphatic rings. The standard InChI is InChI=1S/C18H19FN2O3/c1-3-16(24-17-7-5-4-6-15(17)19)18(23)21-14-10-8-13(9-11-14)20-12(2)22/h4-11,16H,3H2,1-2H3,(H,20,22)(H,21,23)/t16-/m1/s1. The normalized spacial score (nSPS) is 11.5. The molecule has 0 heterocycles. The van der Waals surface area contributed by atoms with E-state index in [2.05, 4.69) is 10.6 Å². The van der Waals surface area contributed by atoms with Gasteiger partial charge >= 0.3 is 0 Å². The number of ether oxygens (including phenoxy) is 1. The van der Waals surface area contributed by atoms with Crippen LogP contribution in [-0.2, 0) is 9.59 Å². The van der Waals surface area contributed by atoms with Crippen molar-refractivity contribution in [2.24, 2.45) is 0 Å². The minimum Gasteiger partial charge on any atom is -0.478 e. The fraction of sp³-hybridized carbons (Fsp3) is 0.222. The van der Waals surface area contributed by atoms with Gasteiger partial charge in [-0.2, -0.15) is 0 Å². The summed E-state index contributed by atoms with van der Waals surface area (Å²) in [6.07, 6.45) is -0.415. The van der Waals surface area contributed by atoms with Gasteiger partial charge in [-0.15, -0.1) is 0 Å². The number of carbonyl (C=O) groups excluding carboxylic acids is 2. The molecule has 0 spiro atoms. The van der Waals surface area contributed by atoms with Crippen molar-refractivity contribution >= 4 is 23.2 Å². The summed E-state index contributed by atoms with van der Waals surface area (Å²) in [7, 11) is 0. The van der Waals surface area contributed by atoms with Crippen LogP contribution in [0, 0.1) is 5.82 Å². The monoisotopic (exact) mass is 330 g/mol. The van der Waals surface area contributed by atoms with Gasteiger partial charge in [0.1, 0.15) is 0 Å². The first-order valence-electron chi connectivity index (χ1n) is 7.59. The van der Waals surface area contributed by atoms with Gasteiger partial charge in [-0.1, -0.05) is 19.1 Å². The smallest absolute Gasteiger partial charge is 0.265 e. The van der Waals surface area contributed by atoms with Gasteiger partial charge < -0.3 is 15.4 Å². The highest BCUT2D eigenvalue weighted by Gasteiger charge is 2.20. The third-order valence-electron chi connectivity index (χ3n) is 3.24. The topological polar surface area (TPSA) is 67.4 Å². The highest BCUT2D eigenvalue weighted by molar-refractivity contribution is 5.95. The molecular weight excluding hydrogens is 311 g/mol. The zero-order valence-corrected chi connectivity index (χ0v) is 13.5. The third-order valence-corrected chi connectivity index (χ3v) is 3.24. The zero-order valence-electron chi connectivity index (χ0n) is 13.5. The zero-order chi connectivity index (χ0) is 17.5. The van der Waals surface area contributed by atoms with E-state index in [-0.39, 0.29) is 17.6 Å². The van der Waals surface area contributed by atoms with Crippen molar-refractivity contribution in [2.45, 2.75) is 26.4 Å². The van der Waals surface area contributed by atoms with Gasteiger partial charge in [0.15, 0.2) is 17.7 Å². The van der Waals surface area contributed by atoms with Gasteiger partial charge in [0.2, 0.25) is 5.91 Å². The van der Waals surface area contributed by atoms with Crippen LogP contribution in [-0.4, -0.2) is 17.9 Å². The molecule has 2 N–H and O–H groups in total. The molecule has 0 aliphatic heterocycles. The summed E-state index contributed by atoms with van der Waals surface area (Å²) < 4.78 is 19.1. The summed E-state index contributed by atoms with van der Waals surface area (Å²) >= 11 is 0. The van der Waals surface area contributed by atoms with Crippen LogP contribution in [0.1, 0.15) is 20.3 Å². The van der Waals surface area contributed by atoms with Gasteiger partial charge in [0.05, 0.1) is 0 Å². The molecule has 2 aromatic carbocycles. The van der Waals surface area contributed by atoms with E-state index in [1.807, 2.05) is 0 Å². The van der Waals surface area contributed by atoms with Crippen molar-refractivity contribution in [1.29, 1.82) is 0 Å². The van der Waals surface area contributed by atoms with Crippen molar-refractivity contribution in [3.05, 3.63) is 54.3 Å². The van der Waals surface area contributed by atoms with Gasteiger partial charge in [-0.25, -0.2) is 4.39 Å². The maximum atomic E-state index is 13.6. The highest BCUT2D eigenvalue weighted by atomic mass is 19.1. The number of halogens is 1. The number of amides is 2. The van der Waals surface area contributed by atoms with Crippen LogP contribution in [0.5, 0.6) is 5.75 Å². The molecule has 0 bridgehead atoms. The summed E-state index contributed by atoms with van der Waals surface area (Å²) in [5, 5.41) is 5.35. The summed E-state index contributed by atoms with van der Waals surface area (Å²) in [5.74, 6) is -1.01. The van der Waals surface area contributed by atoms with E-state index in [0.717, 1.165) is 0 Å². The summed E-state index contributed by atoms with van der Waals surface area (Å²) in [4.78, 5) is 23.3. The lowest BCUT2D eigenvalue weighted by Gasteiger charge is -2.17. The first-order chi connectivity index (χ1) is 11.5. The molecule has 126 valence electrons. The quantitative estimate of drug-likeness (QED) is 0.851. The van der Waals surface area contributed by atoms with E-state index >= 15 is 0 Å². The number of benzene rings is 2. The van der Waals surface area contributed by atoms with Gasteiger partial charge in [-0.05, 0) is 42.8 Å². The SMILES string of the molecule is CC[C@@H](Oc1ccccc1F)C(=O)Nc1ccc(NC(C)=O)cc1. The second-order valence-corrected chi connectivity index (χ2v) is 5.19. The fourth-order valence-electron chi connectivity index (χ4n) is 2.08. The van der Waals surface area contributed by atoms with Crippen molar-refractivity contribution in [2.75, 3.05) is 10.6 Å². The van der Waals surface area contributed by atoms with Crippen LogP contribution in [0.25, 0.3) is 0 Å². The van der Waals surface area contributed by atoms with E-state index in [9.17, 15) is 14.0 Å². The Kier molecular flexibility index (Phi) is 5.89. The Balaban J connectivity index is 2.01. The molecule has 5 nitrogen and oxygen atoms in total. The lowest BCUT2D eigenvalue weighted by atomic mass is 10.2. The predicted molar refractivity (Wildman–Crippen MR) is 90.5 cm³/mol. The highest BCUT2D eigenvalue weighted by Crippen LogP contribution is 2.19. The van der Waals surface area contributed by atoms with E-state index in [1.54, 1.807) is 43.3 Å². The Labute approximate surface area is 139 Å². The Morgan fingerprint density at radius 2 is 1.62 bits per heavy atom. The minimum absolute atomic E-state index is 0.0421. The molecule has 0 fully saturated rings. The predicted octanol–water partition coefficient (Wildman–Crippen LogP) is 3.58. The first kappa shape index (κ1) is 17.5. The average molecular weight is 330 g/mol. The molecule has 0 aromatic heterocycles. The van der Waals surface area contributed by atoms with Crippen molar-refractivity contribution in [3.63, 3.8) is 0 Å². The van der Waals surface area contributed by atoms with E-state index in [1.165, 1.54) is 19.1 Å². The van der Waals surface area contributed by atoms with Crippen LogP contribution < -0.4 is 15.4 Å². The lowest BCUT2D eigenvalue weighted by Crippen LogP contribution is -2.32. The molecule has 2 amide bonds. The minimum atomic E-state index is -0.808. The second-order valence-electron chi connectivity index (χ2n) is 5.19. The number of hydrogen-bond donors (Lipinski definition) is 2. The Morgan fingerprint density at radius 3 is 2.17 bits per heavy atom. The van der Waals surface area contributed by atoms with E-state index < -0.39 is 11.9 Å². The fourth-order valence-corrected chi connectivity index (χ4v) is 2.08. The van der Waals surface area contributed by atoms with Crippen LogP contribution in [0.2, 0.25) is 0 Å². The second kappa shape index (κ2) is 8.10. The molecule has 24 heavy (non-hydrogen) atoms. The summed E-state index contributed by atoms with van der Waals surface area (Å²) in [6.45, 7) is 3.20. The number of para-hydroxylation sites is 1.